The molecule has 0 bridgehead atoms. The smallest absolute Gasteiger partial charge is 0.270 e. The van der Waals surface area contributed by atoms with E-state index >= 15 is 0 Å². The minimum atomic E-state index is -3.25. The first-order valence-corrected chi connectivity index (χ1v) is 11.6. The van der Waals surface area contributed by atoms with E-state index in [9.17, 15) is 13.2 Å². The van der Waals surface area contributed by atoms with Gasteiger partial charge in [-0.3, -0.25) is 9.78 Å². The second-order valence-electron chi connectivity index (χ2n) is 7.19. The van der Waals surface area contributed by atoms with Gasteiger partial charge >= 0.3 is 0 Å². The zero-order chi connectivity index (χ0) is 21.8. The lowest BCUT2D eigenvalue weighted by Crippen LogP contribution is -2.25. The average Bonchev–Trinajstić information content (AvgIpc) is 3.28. The first kappa shape index (κ1) is 20.7. The van der Waals surface area contributed by atoms with Gasteiger partial charge < -0.3 is 5.32 Å². The van der Waals surface area contributed by atoms with E-state index in [1.165, 1.54) is 12.1 Å². The van der Waals surface area contributed by atoms with Crippen molar-refractivity contribution in [2.75, 3.05) is 17.8 Å². The fourth-order valence-corrected chi connectivity index (χ4v) is 3.81. The van der Waals surface area contributed by atoms with Gasteiger partial charge in [0.2, 0.25) is 0 Å². The van der Waals surface area contributed by atoms with Crippen LogP contribution in [0.1, 0.15) is 27.7 Å². The molecule has 0 spiro atoms. The van der Waals surface area contributed by atoms with Crippen LogP contribution in [0.4, 0.5) is 5.82 Å². The van der Waals surface area contributed by atoms with Gasteiger partial charge in [-0.15, -0.1) is 0 Å². The van der Waals surface area contributed by atoms with Crippen molar-refractivity contribution < 1.29 is 13.2 Å². The van der Waals surface area contributed by atoms with Crippen molar-refractivity contribution in [3.8, 4) is 0 Å². The summed E-state index contributed by atoms with van der Waals surface area (Å²) in [6, 6.07) is 17.4. The van der Waals surface area contributed by atoms with E-state index < -0.39 is 9.84 Å². The topological polar surface area (TPSA) is 105 Å². The van der Waals surface area contributed by atoms with Crippen molar-refractivity contribution in [2.45, 2.75) is 17.4 Å². The quantitative estimate of drug-likeness (QED) is 0.638. The molecule has 1 atom stereocenters. The fourth-order valence-electron chi connectivity index (χ4n) is 3.18. The molecule has 0 saturated heterocycles. The SMILES string of the molecule is CS(=O)(=O)c1ccc(CNC(=O)c2cccc(N3CC(c4ccccn4)C=N3)n2)cc1. The standard InChI is InChI=1S/C22H21N5O3S/c1-31(29,30)18-10-8-16(9-11-18)13-24-22(28)20-6-4-7-21(26-20)27-15-17(14-25-27)19-5-2-3-12-23-19/h2-12,14,17H,13,15H2,1H3,(H,24,28). The molecule has 1 aromatic carbocycles. The molecule has 4 rings (SSSR count). The molecule has 31 heavy (non-hydrogen) atoms. The Morgan fingerprint density at radius 3 is 2.61 bits per heavy atom. The number of amides is 1. The van der Waals surface area contributed by atoms with Crippen molar-refractivity contribution in [2.24, 2.45) is 5.10 Å². The van der Waals surface area contributed by atoms with E-state index in [1.807, 2.05) is 24.4 Å². The summed E-state index contributed by atoms with van der Waals surface area (Å²) < 4.78 is 23.1. The zero-order valence-electron chi connectivity index (χ0n) is 16.8. The van der Waals surface area contributed by atoms with Crippen LogP contribution in [0.25, 0.3) is 0 Å². The predicted molar refractivity (Wildman–Crippen MR) is 118 cm³/mol. The summed E-state index contributed by atoms with van der Waals surface area (Å²) in [5.74, 6) is 0.328. The van der Waals surface area contributed by atoms with Gasteiger partial charge in [-0.2, -0.15) is 5.10 Å². The van der Waals surface area contributed by atoms with Crippen molar-refractivity contribution in [1.82, 2.24) is 15.3 Å². The summed E-state index contributed by atoms with van der Waals surface area (Å²) in [6.45, 7) is 0.861. The molecule has 8 nitrogen and oxygen atoms in total. The van der Waals surface area contributed by atoms with Crippen LogP contribution in [0.3, 0.4) is 0 Å². The highest BCUT2D eigenvalue weighted by molar-refractivity contribution is 7.90. The fraction of sp³-hybridized carbons (Fsp3) is 0.182. The van der Waals surface area contributed by atoms with E-state index in [0.29, 0.717) is 12.4 Å². The van der Waals surface area contributed by atoms with E-state index in [2.05, 4.69) is 20.4 Å². The normalized spacial score (nSPS) is 15.8. The van der Waals surface area contributed by atoms with Gasteiger partial charge in [0, 0.05) is 25.2 Å². The third kappa shape index (κ3) is 4.95. The molecule has 1 aliphatic heterocycles. The predicted octanol–water partition coefficient (Wildman–Crippen LogP) is 2.40. The Bertz CT molecular complexity index is 1210. The minimum absolute atomic E-state index is 0.0652. The van der Waals surface area contributed by atoms with Crippen LogP contribution in [-0.2, 0) is 16.4 Å². The molecule has 0 fully saturated rings. The lowest BCUT2D eigenvalue weighted by Gasteiger charge is -2.15. The summed E-state index contributed by atoms with van der Waals surface area (Å²) in [4.78, 5) is 21.6. The van der Waals surface area contributed by atoms with Crippen LogP contribution >= 0.6 is 0 Å². The molecule has 9 heteroatoms. The number of hydrogen-bond donors (Lipinski definition) is 1. The number of nitrogens with one attached hydrogen (secondary N) is 1. The lowest BCUT2D eigenvalue weighted by molar-refractivity contribution is 0.0946. The highest BCUT2D eigenvalue weighted by Crippen LogP contribution is 2.23. The van der Waals surface area contributed by atoms with Crippen LogP contribution in [0.2, 0.25) is 0 Å². The molecular weight excluding hydrogens is 414 g/mol. The number of benzene rings is 1. The Balaban J connectivity index is 1.39. The molecule has 0 aliphatic carbocycles. The van der Waals surface area contributed by atoms with Crippen molar-refractivity contribution in [3.63, 3.8) is 0 Å². The number of carbonyl (C=O) groups is 1. The van der Waals surface area contributed by atoms with Crippen LogP contribution < -0.4 is 10.3 Å². The zero-order valence-corrected chi connectivity index (χ0v) is 17.7. The number of sulfone groups is 1. The lowest BCUT2D eigenvalue weighted by atomic mass is 10.1. The number of hydrazone groups is 1. The second-order valence-corrected chi connectivity index (χ2v) is 9.20. The molecular formula is C22H21N5O3S. The average molecular weight is 436 g/mol. The number of carbonyl (C=O) groups excluding carboxylic acids is 1. The minimum Gasteiger partial charge on any atom is -0.347 e. The highest BCUT2D eigenvalue weighted by Gasteiger charge is 2.22. The number of aromatic nitrogens is 2. The van der Waals surface area contributed by atoms with Crippen LogP contribution in [-0.4, -0.2) is 43.3 Å². The summed E-state index contributed by atoms with van der Waals surface area (Å²) in [7, 11) is -3.25. The number of pyridine rings is 2. The second kappa shape index (κ2) is 8.65. The van der Waals surface area contributed by atoms with Crippen LogP contribution in [0.15, 0.2) is 76.9 Å². The van der Waals surface area contributed by atoms with Crippen LogP contribution in [0.5, 0.6) is 0 Å². The van der Waals surface area contributed by atoms with Crippen molar-refractivity contribution >= 4 is 27.8 Å². The number of anilines is 1. The van der Waals surface area contributed by atoms with Gasteiger partial charge in [0.1, 0.15) is 11.5 Å². The number of rotatable bonds is 6. The maximum atomic E-state index is 12.6. The Hall–Kier alpha value is -3.59. The van der Waals surface area contributed by atoms with Gasteiger partial charge in [0.15, 0.2) is 9.84 Å². The summed E-state index contributed by atoms with van der Waals surface area (Å²) in [5.41, 5.74) is 2.01. The number of nitrogens with zero attached hydrogens (tertiary/aromatic N) is 4. The largest absolute Gasteiger partial charge is 0.347 e. The van der Waals surface area contributed by atoms with E-state index in [-0.39, 0.29) is 29.0 Å². The Morgan fingerprint density at radius 2 is 1.90 bits per heavy atom. The van der Waals surface area contributed by atoms with E-state index in [4.69, 9.17) is 0 Å². The van der Waals surface area contributed by atoms with Gasteiger partial charge in [0.25, 0.3) is 5.91 Å². The van der Waals surface area contributed by atoms with Gasteiger partial charge in [-0.05, 0) is 42.0 Å². The molecule has 0 radical (unpaired) electrons. The third-order valence-corrected chi connectivity index (χ3v) is 5.99. The molecule has 3 heterocycles. The molecule has 1 unspecified atom stereocenters. The summed E-state index contributed by atoms with van der Waals surface area (Å²) in [5, 5.41) is 8.97. The summed E-state index contributed by atoms with van der Waals surface area (Å²) in [6.07, 6.45) is 4.74. The Labute approximate surface area is 180 Å². The third-order valence-electron chi connectivity index (χ3n) is 4.86. The highest BCUT2D eigenvalue weighted by atomic mass is 32.2. The summed E-state index contributed by atoms with van der Waals surface area (Å²) >= 11 is 0. The van der Waals surface area contributed by atoms with Gasteiger partial charge in [-0.25, -0.2) is 18.4 Å². The van der Waals surface area contributed by atoms with Gasteiger partial charge in [-0.1, -0.05) is 24.3 Å². The van der Waals surface area contributed by atoms with E-state index in [1.54, 1.807) is 41.5 Å². The van der Waals surface area contributed by atoms with E-state index in [0.717, 1.165) is 17.5 Å². The maximum absolute atomic E-state index is 12.6. The first-order chi connectivity index (χ1) is 14.9. The Kier molecular flexibility index (Phi) is 5.77. The first-order valence-electron chi connectivity index (χ1n) is 9.67. The molecule has 3 aromatic rings. The number of hydrogen-bond acceptors (Lipinski definition) is 7. The Morgan fingerprint density at radius 1 is 1.10 bits per heavy atom. The van der Waals surface area contributed by atoms with Gasteiger partial charge in [0.05, 0.1) is 23.1 Å². The molecule has 2 aromatic heterocycles. The monoisotopic (exact) mass is 435 g/mol. The van der Waals surface area contributed by atoms with Crippen LogP contribution in [0, 0.1) is 0 Å². The molecule has 158 valence electrons. The molecule has 0 saturated carbocycles. The molecule has 1 N–H and O–H groups in total. The maximum Gasteiger partial charge on any atom is 0.270 e. The molecule has 1 amide bonds. The van der Waals surface area contributed by atoms with Crippen molar-refractivity contribution in [1.29, 1.82) is 0 Å². The molecule has 1 aliphatic rings. The van der Waals surface area contributed by atoms with Crippen molar-refractivity contribution in [3.05, 3.63) is 83.8 Å².